The Bertz CT molecular complexity index is 957. The first-order valence-electron chi connectivity index (χ1n) is 6.47. The minimum atomic E-state index is 0.383. The number of hydrogen-bond acceptors (Lipinski definition) is 2. The lowest BCUT2D eigenvalue weighted by Crippen LogP contribution is -1.98. The molecule has 0 atom stereocenters. The monoisotopic (exact) mass is 376 g/mol. The molecule has 0 aliphatic heterocycles. The van der Waals surface area contributed by atoms with Crippen LogP contribution in [-0.4, -0.2) is 9.55 Å². The second kappa shape index (κ2) is 5.13. The van der Waals surface area contributed by atoms with Gasteiger partial charge in [-0.15, -0.1) is 22.9 Å². The molecule has 2 heterocycles. The summed E-state index contributed by atoms with van der Waals surface area (Å²) in [7, 11) is 0. The molecule has 0 aliphatic rings. The first-order chi connectivity index (χ1) is 10.3. The molecule has 0 N–H and O–H groups in total. The lowest BCUT2D eigenvalue weighted by atomic mass is 10.2. The van der Waals surface area contributed by atoms with Gasteiger partial charge >= 0.3 is 0 Å². The van der Waals surface area contributed by atoms with Crippen molar-refractivity contribution in [1.29, 1.82) is 0 Å². The van der Waals surface area contributed by atoms with Crippen LogP contribution in [0.5, 0.6) is 0 Å². The lowest BCUT2D eigenvalue weighted by Gasteiger charge is -2.08. The molecular formula is C16H10BrClN2S. The fourth-order valence-corrected chi connectivity index (χ4v) is 3.87. The third kappa shape index (κ3) is 2.18. The van der Waals surface area contributed by atoms with Gasteiger partial charge in [0, 0.05) is 14.9 Å². The number of fused-ring (bicyclic) bond motifs is 2. The van der Waals surface area contributed by atoms with Crippen molar-refractivity contribution in [3.05, 3.63) is 58.1 Å². The van der Waals surface area contributed by atoms with E-state index < -0.39 is 0 Å². The molecule has 4 aromatic rings. The van der Waals surface area contributed by atoms with E-state index in [1.54, 1.807) is 11.3 Å². The highest BCUT2D eigenvalue weighted by atomic mass is 79.9. The van der Waals surface area contributed by atoms with E-state index >= 15 is 0 Å². The Morgan fingerprint density at radius 2 is 2.05 bits per heavy atom. The summed E-state index contributed by atoms with van der Waals surface area (Å²) in [6.45, 7) is 0. The van der Waals surface area contributed by atoms with Gasteiger partial charge in [0.15, 0.2) is 0 Å². The minimum Gasteiger partial charge on any atom is -0.295 e. The van der Waals surface area contributed by atoms with Crippen molar-refractivity contribution < 1.29 is 0 Å². The van der Waals surface area contributed by atoms with Crippen LogP contribution in [0.1, 0.15) is 5.82 Å². The van der Waals surface area contributed by atoms with Crippen LogP contribution in [0.4, 0.5) is 0 Å². The van der Waals surface area contributed by atoms with Crippen LogP contribution in [0, 0.1) is 0 Å². The third-order valence-corrected chi connectivity index (χ3v) is 5.13. The standard InChI is InChI=1S/C16H10BrClN2S/c17-11-1-3-13-14(8-11)20(16(9-18)19-13)12-2-4-15-10(7-12)5-6-21-15/h1-8H,9H2. The number of rotatable bonds is 2. The van der Waals surface area contributed by atoms with Crippen LogP contribution in [-0.2, 0) is 5.88 Å². The van der Waals surface area contributed by atoms with Crippen LogP contribution < -0.4 is 0 Å². The van der Waals surface area contributed by atoms with Gasteiger partial charge in [-0.2, -0.15) is 0 Å². The van der Waals surface area contributed by atoms with Crippen molar-refractivity contribution in [3.63, 3.8) is 0 Å². The highest BCUT2D eigenvalue weighted by molar-refractivity contribution is 9.10. The Morgan fingerprint density at radius 3 is 2.90 bits per heavy atom. The van der Waals surface area contributed by atoms with E-state index in [2.05, 4.69) is 61.2 Å². The van der Waals surface area contributed by atoms with Gasteiger partial charge in [-0.05, 0) is 53.2 Å². The smallest absolute Gasteiger partial charge is 0.129 e. The fourth-order valence-electron chi connectivity index (χ4n) is 2.57. The molecular weight excluding hydrogens is 368 g/mol. The second-order valence-corrected chi connectivity index (χ2v) is 6.90. The normalized spacial score (nSPS) is 11.5. The van der Waals surface area contributed by atoms with Gasteiger partial charge < -0.3 is 0 Å². The van der Waals surface area contributed by atoms with Gasteiger partial charge in [-0.3, -0.25) is 4.57 Å². The van der Waals surface area contributed by atoms with Crippen LogP contribution >= 0.6 is 38.9 Å². The molecule has 104 valence electrons. The van der Waals surface area contributed by atoms with Gasteiger partial charge in [0.1, 0.15) is 5.82 Å². The molecule has 2 aromatic carbocycles. The molecule has 0 bridgehead atoms. The van der Waals surface area contributed by atoms with Gasteiger partial charge in [-0.25, -0.2) is 4.98 Å². The molecule has 0 radical (unpaired) electrons. The number of benzene rings is 2. The summed E-state index contributed by atoms with van der Waals surface area (Å²) in [6, 6.07) is 14.7. The van der Waals surface area contributed by atoms with Crippen molar-refractivity contribution >= 4 is 60.0 Å². The largest absolute Gasteiger partial charge is 0.295 e. The molecule has 2 aromatic heterocycles. The number of nitrogens with zero attached hydrogens (tertiary/aromatic N) is 2. The Balaban J connectivity index is 2.05. The van der Waals surface area contributed by atoms with Gasteiger partial charge in [0.25, 0.3) is 0 Å². The van der Waals surface area contributed by atoms with E-state index in [9.17, 15) is 0 Å². The average Bonchev–Trinajstić information content (AvgIpc) is 3.09. The molecule has 0 unspecified atom stereocenters. The number of halogens is 2. The zero-order chi connectivity index (χ0) is 14.4. The summed E-state index contributed by atoms with van der Waals surface area (Å²) in [6.07, 6.45) is 0. The van der Waals surface area contributed by atoms with E-state index in [0.717, 1.165) is 27.0 Å². The molecule has 0 spiro atoms. The molecule has 0 saturated heterocycles. The van der Waals surface area contributed by atoms with Crippen LogP contribution in [0.2, 0.25) is 0 Å². The lowest BCUT2D eigenvalue weighted by molar-refractivity contribution is 0.984. The van der Waals surface area contributed by atoms with Gasteiger partial charge in [-0.1, -0.05) is 15.9 Å². The Kier molecular flexibility index (Phi) is 3.25. The summed E-state index contributed by atoms with van der Waals surface area (Å²) in [5, 5.41) is 3.36. The molecule has 21 heavy (non-hydrogen) atoms. The van der Waals surface area contributed by atoms with Crippen LogP contribution in [0.25, 0.3) is 26.8 Å². The van der Waals surface area contributed by atoms with Crippen LogP contribution in [0.15, 0.2) is 52.3 Å². The maximum atomic E-state index is 6.10. The Hall–Kier alpha value is -1.36. The van der Waals surface area contributed by atoms with Crippen molar-refractivity contribution in [2.24, 2.45) is 0 Å². The quantitative estimate of drug-likeness (QED) is 0.407. The highest BCUT2D eigenvalue weighted by Crippen LogP contribution is 2.29. The van der Waals surface area contributed by atoms with Gasteiger partial charge in [0.05, 0.1) is 16.9 Å². The van der Waals surface area contributed by atoms with Crippen molar-refractivity contribution in [1.82, 2.24) is 9.55 Å². The van der Waals surface area contributed by atoms with E-state index in [0.29, 0.717) is 5.88 Å². The molecule has 2 nitrogen and oxygen atoms in total. The molecule has 0 amide bonds. The van der Waals surface area contributed by atoms with E-state index in [1.807, 2.05) is 12.1 Å². The molecule has 4 rings (SSSR count). The maximum Gasteiger partial charge on any atom is 0.129 e. The topological polar surface area (TPSA) is 17.8 Å². The summed E-state index contributed by atoms with van der Waals surface area (Å²) in [5.74, 6) is 1.24. The first-order valence-corrected chi connectivity index (χ1v) is 8.67. The van der Waals surface area contributed by atoms with Crippen LogP contribution in [0.3, 0.4) is 0 Å². The molecule has 0 aliphatic carbocycles. The zero-order valence-corrected chi connectivity index (χ0v) is 14.0. The summed E-state index contributed by atoms with van der Waals surface area (Å²) >= 11 is 11.4. The predicted octanol–water partition coefficient (Wildman–Crippen LogP) is 5.74. The number of thiophene rings is 1. The molecule has 0 saturated carbocycles. The summed E-state index contributed by atoms with van der Waals surface area (Å²) in [5.41, 5.74) is 3.12. The Morgan fingerprint density at radius 1 is 1.14 bits per heavy atom. The highest BCUT2D eigenvalue weighted by Gasteiger charge is 2.12. The van der Waals surface area contributed by atoms with E-state index in [-0.39, 0.29) is 0 Å². The SMILES string of the molecule is ClCc1nc2ccc(Br)cc2n1-c1ccc2sccc2c1. The van der Waals surface area contributed by atoms with E-state index in [1.165, 1.54) is 10.1 Å². The maximum absolute atomic E-state index is 6.10. The minimum absolute atomic E-state index is 0.383. The van der Waals surface area contributed by atoms with Crippen molar-refractivity contribution in [3.8, 4) is 5.69 Å². The number of imidazole rings is 1. The third-order valence-electron chi connectivity index (χ3n) is 3.50. The second-order valence-electron chi connectivity index (χ2n) is 4.77. The first kappa shape index (κ1) is 13.3. The predicted molar refractivity (Wildman–Crippen MR) is 93.7 cm³/mol. The number of alkyl halides is 1. The summed E-state index contributed by atoms with van der Waals surface area (Å²) in [4.78, 5) is 4.63. The van der Waals surface area contributed by atoms with E-state index in [4.69, 9.17) is 11.6 Å². The molecule has 5 heteroatoms. The number of aromatic nitrogens is 2. The molecule has 0 fully saturated rings. The Labute approximate surface area is 139 Å². The van der Waals surface area contributed by atoms with Crippen molar-refractivity contribution in [2.45, 2.75) is 5.88 Å². The number of hydrogen-bond donors (Lipinski definition) is 0. The zero-order valence-electron chi connectivity index (χ0n) is 10.9. The average molecular weight is 378 g/mol. The summed E-state index contributed by atoms with van der Waals surface area (Å²) < 4.78 is 4.45. The van der Waals surface area contributed by atoms with Gasteiger partial charge in [0.2, 0.25) is 0 Å². The fraction of sp³-hybridized carbons (Fsp3) is 0.0625. The van der Waals surface area contributed by atoms with Crippen molar-refractivity contribution in [2.75, 3.05) is 0 Å².